The van der Waals surface area contributed by atoms with E-state index in [-0.39, 0.29) is 5.75 Å². The van der Waals surface area contributed by atoms with Crippen molar-refractivity contribution >= 4 is 13.3 Å². The SMILES string of the molecule is COC(=O)P(=O)(O)Oc1ccccc1. The molecule has 0 aliphatic carbocycles. The Hall–Kier alpha value is -1.32. The fourth-order valence-electron chi connectivity index (χ4n) is 0.777. The molecule has 0 fully saturated rings. The number of ether oxygens (including phenoxy) is 1. The minimum atomic E-state index is -4.37. The van der Waals surface area contributed by atoms with E-state index in [1.165, 1.54) is 12.1 Å². The lowest BCUT2D eigenvalue weighted by Gasteiger charge is -2.09. The van der Waals surface area contributed by atoms with E-state index < -0.39 is 13.3 Å². The fourth-order valence-corrected chi connectivity index (χ4v) is 1.49. The normalized spacial score (nSPS) is 14.1. The monoisotopic (exact) mass is 216 g/mol. The summed E-state index contributed by atoms with van der Waals surface area (Å²) < 4.78 is 19.9. The van der Waals surface area contributed by atoms with Gasteiger partial charge in [-0.05, 0) is 12.1 Å². The van der Waals surface area contributed by atoms with E-state index in [4.69, 9.17) is 4.89 Å². The van der Waals surface area contributed by atoms with Crippen molar-refractivity contribution in [2.75, 3.05) is 7.11 Å². The lowest BCUT2D eigenvalue weighted by molar-refractivity contribution is 0.188. The van der Waals surface area contributed by atoms with E-state index in [0.717, 1.165) is 7.11 Å². The number of methoxy groups -OCH3 is 1. The molecule has 14 heavy (non-hydrogen) atoms. The van der Waals surface area contributed by atoms with Gasteiger partial charge in [0.25, 0.3) is 0 Å². The Morgan fingerprint density at radius 3 is 2.43 bits per heavy atom. The topological polar surface area (TPSA) is 72.8 Å². The third-order valence-corrected chi connectivity index (χ3v) is 2.48. The van der Waals surface area contributed by atoms with Crippen LogP contribution in [0, 0.1) is 0 Å². The molecule has 0 aromatic heterocycles. The number of para-hydroxylation sites is 1. The molecule has 1 aromatic carbocycles. The van der Waals surface area contributed by atoms with Gasteiger partial charge in [0, 0.05) is 0 Å². The van der Waals surface area contributed by atoms with Gasteiger partial charge in [0.1, 0.15) is 5.75 Å². The summed E-state index contributed by atoms with van der Waals surface area (Å²) in [5.41, 5.74) is -1.28. The maximum Gasteiger partial charge on any atom is 0.485 e. The molecule has 76 valence electrons. The quantitative estimate of drug-likeness (QED) is 0.782. The molecule has 0 saturated carbocycles. The second-order valence-corrected chi connectivity index (χ2v) is 3.98. The van der Waals surface area contributed by atoms with Gasteiger partial charge in [0.2, 0.25) is 0 Å². The number of carbonyl (C=O) groups excluding carboxylic acids is 1. The van der Waals surface area contributed by atoms with Crippen molar-refractivity contribution in [2.45, 2.75) is 0 Å². The third kappa shape index (κ3) is 2.58. The van der Waals surface area contributed by atoms with Crippen LogP contribution >= 0.6 is 7.60 Å². The highest BCUT2D eigenvalue weighted by Gasteiger charge is 2.33. The Morgan fingerprint density at radius 1 is 1.36 bits per heavy atom. The van der Waals surface area contributed by atoms with Gasteiger partial charge in [-0.1, -0.05) is 18.2 Å². The zero-order chi connectivity index (χ0) is 10.6. The molecule has 1 unspecified atom stereocenters. The van der Waals surface area contributed by atoms with Gasteiger partial charge in [0.15, 0.2) is 0 Å². The molecule has 0 aliphatic heterocycles. The van der Waals surface area contributed by atoms with Crippen molar-refractivity contribution in [3.63, 3.8) is 0 Å². The first-order valence-electron chi connectivity index (χ1n) is 3.72. The van der Waals surface area contributed by atoms with Crippen LogP contribution in [-0.4, -0.2) is 17.7 Å². The van der Waals surface area contributed by atoms with Crippen LogP contribution in [0.15, 0.2) is 30.3 Å². The minimum absolute atomic E-state index is 0.142. The molecule has 0 bridgehead atoms. The van der Waals surface area contributed by atoms with Gasteiger partial charge in [-0.15, -0.1) is 0 Å². The molecule has 1 rings (SSSR count). The lowest BCUT2D eigenvalue weighted by atomic mass is 10.3. The van der Waals surface area contributed by atoms with Crippen molar-refractivity contribution in [1.29, 1.82) is 0 Å². The average Bonchev–Trinajstić information content (AvgIpc) is 2.17. The molecule has 1 aromatic rings. The molecule has 1 atom stereocenters. The molecular formula is C8H9O5P. The van der Waals surface area contributed by atoms with Crippen LogP contribution < -0.4 is 4.52 Å². The molecule has 0 radical (unpaired) electrons. The van der Waals surface area contributed by atoms with Crippen LogP contribution in [0.1, 0.15) is 0 Å². The summed E-state index contributed by atoms with van der Waals surface area (Å²) in [5, 5.41) is 0. The molecule has 0 amide bonds. The highest BCUT2D eigenvalue weighted by Crippen LogP contribution is 2.44. The van der Waals surface area contributed by atoms with E-state index in [0.29, 0.717) is 0 Å². The van der Waals surface area contributed by atoms with Crippen molar-refractivity contribution in [2.24, 2.45) is 0 Å². The number of hydrogen-bond acceptors (Lipinski definition) is 4. The van der Waals surface area contributed by atoms with Crippen molar-refractivity contribution in [3.8, 4) is 5.75 Å². The maximum absolute atomic E-state index is 11.2. The van der Waals surface area contributed by atoms with E-state index >= 15 is 0 Å². The van der Waals surface area contributed by atoms with E-state index in [1.807, 2.05) is 0 Å². The molecule has 0 spiro atoms. The molecule has 0 aliphatic rings. The first-order chi connectivity index (χ1) is 6.56. The summed E-state index contributed by atoms with van der Waals surface area (Å²) in [6, 6.07) is 7.88. The van der Waals surface area contributed by atoms with Gasteiger partial charge in [-0.2, -0.15) is 0 Å². The molecule has 0 saturated heterocycles. The summed E-state index contributed by atoms with van der Waals surface area (Å²) >= 11 is 0. The van der Waals surface area contributed by atoms with E-state index in [9.17, 15) is 9.36 Å². The van der Waals surface area contributed by atoms with Crippen LogP contribution in [0.5, 0.6) is 5.75 Å². The van der Waals surface area contributed by atoms with Gasteiger partial charge in [-0.25, -0.2) is 9.36 Å². The van der Waals surface area contributed by atoms with E-state index in [2.05, 4.69) is 9.26 Å². The van der Waals surface area contributed by atoms with Crippen LogP contribution in [0.3, 0.4) is 0 Å². The van der Waals surface area contributed by atoms with Crippen LogP contribution in [0.25, 0.3) is 0 Å². The Kier molecular flexibility index (Phi) is 3.28. The van der Waals surface area contributed by atoms with Gasteiger partial charge in [0.05, 0.1) is 7.11 Å². The van der Waals surface area contributed by atoms with E-state index in [1.54, 1.807) is 18.2 Å². The number of rotatable bonds is 3. The van der Waals surface area contributed by atoms with Crippen LogP contribution in [0.4, 0.5) is 4.79 Å². The molecule has 1 N–H and O–H groups in total. The van der Waals surface area contributed by atoms with Crippen LogP contribution in [0.2, 0.25) is 0 Å². The lowest BCUT2D eigenvalue weighted by Crippen LogP contribution is -2.04. The molecular weight excluding hydrogens is 207 g/mol. The number of benzene rings is 1. The number of carbonyl (C=O) groups is 1. The second kappa shape index (κ2) is 4.26. The van der Waals surface area contributed by atoms with Crippen molar-refractivity contribution < 1.29 is 23.5 Å². The summed E-state index contributed by atoms with van der Waals surface area (Å²) in [6.45, 7) is 0. The van der Waals surface area contributed by atoms with Crippen molar-refractivity contribution in [1.82, 2.24) is 0 Å². The largest absolute Gasteiger partial charge is 0.485 e. The Morgan fingerprint density at radius 2 is 1.93 bits per heavy atom. The predicted molar refractivity (Wildman–Crippen MR) is 49.3 cm³/mol. The van der Waals surface area contributed by atoms with Gasteiger partial charge < -0.3 is 14.2 Å². The summed E-state index contributed by atoms with van der Waals surface area (Å²) in [4.78, 5) is 19.9. The molecule has 0 heterocycles. The first kappa shape index (κ1) is 10.8. The Labute approximate surface area is 80.8 Å². The molecule has 6 heteroatoms. The Balaban J connectivity index is 2.79. The first-order valence-corrected chi connectivity index (χ1v) is 5.30. The van der Waals surface area contributed by atoms with Gasteiger partial charge in [-0.3, -0.25) is 0 Å². The zero-order valence-electron chi connectivity index (χ0n) is 7.41. The number of hydrogen-bond donors (Lipinski definition) is 1. The standard InChI is InChI=1S/C8H9O5P/c1-12-8(9)14(10,11)13-7-5-3-2-4-6-7/h2-6H,1H3,(H,10,11). The zero-order valence-corrected chi connectivity index (χ0v) is 8.31. The highest BCUT2D eigenvalue weighted by atomic mass is 31.2. The summed E-state index contributed by atoms with van der Waals surface area (Å²) in [6.07, 6.45) is 0. The smallest absolute Gasteiger partial charge is 0.459 e. The highest BCUT2D eigenvalue weighted by molar-refractivity contribution is 7.70. The Bertz CT molecular complexity index is 361. The third-order valence-electron chi connectivity index (χ3n) is 1.38. The fraction of sp³-hybridized carbons (Fsp3) is 0.125. The predicted octanol–water partition coefficient (Wildman–Crippen LogP) is 2.02. The molecule has 5 nitrogen and oxygen atoms in total. The van der Waals surface area contributed by atoms with Crippen molar-refractivity contribution in [3.05, 3.63) is 30.3 Å². The summed E-state index contributed by atoms with van der Waals surface area (Å²) in [7, 11) is -3.35. The van der Waals surface area contributed by atoms with Gasteiger partial charge >= 0.3 is 13.3 Å². The summed E-state index contributed by atoms with van der Waals surface area (Å²) in [5.74, 6) is 0.142. The van der Waals surface area contributed by atoms with Crippen LogP contribution in [-0.2, 0) is 9.30 Å². The minimum Gasteiger partial charge on any atom is -0.459 e. The maximum atomic E-state index is 11.2. The second-order valence-electron chi connectivity index (χ2n) is 2.39. The average molecular weight is 216 g/mol.